The number of rotatable bonds is 3. The van der Waals surface area contributed by atoms with Gasteiger partial charge in [0.1, 0.15) is 0 Å². The van der Waals surface area contributed by atoms with Gasteiger partial charge in [0.25, 0.3) is 0 Å². The molecule has 0 aliphatic rings. The highest BCUT2D eigenvalue weighted by molar-refractivity contribution is 5.68. The number of halogens is 3. The molecule has 0 aliphatic carbocycles. The molecule has 0 atom stereocenters. The Bertz CT molecular complexity index is 505. The van der Waals surface area contributed by atoms with Gasteiger partial charge in [0.05, 0.1) is 6.20 Å². The molecule has 17 heavy (non-hydrogen) atoms. The first-order chi connectivity index (χ1) is 8.18. The predicted octanol–water partition coefficient (Wildman–Crippen LogP) is 2.88. The highest BCUT2D eigenvalue weighted by atomic mass is 19.3. The van der Waals surface area contributed by atoms with E-state index in [-0.39, 0.29) is 5.56 Å². The van der Waals surface area contributed by atoms with Gasteiger partial charge in [0.15, 0.2) is 11.6 Å². The molecule has 2 rings (SSSR count). The van der Waals surface area contributed by atoms with Crippen molar-refractivity contribution >= 4 is 0 Å². The lowest BCUT2D eigenvalue weighted by molar-refractivity contribution is -0.0518. The summed E-state index contributed by atoms with van der Waals surface area (Å²) in [6, 6.07) is 3.20. The van der Waals surface area contributed by atoms with Gasteiger partial charge in [-0.05, 0) is 6.07 Å². The zero-order valence-electron chi connectivity index (χ0n) is 8.48. The van der Waals surface area contributed by atoms with Crippen molar-refractivity contribution < 1.29 is 17.9 Å². The molecule has 0 aliphatic heterocycles. The fourth-order valence-corrected chi connectivity index (χ4v) is 1.36. The summed E-state index contributed by atoms with van der Waals surface area (Å²) >= 11 is 0. The van der Waals surface area contributed by atoms with Crippen LogP contribution >= 0.6 is 0 Å². The average molecular weight is 240 g/mol. The first-order valence-electron chi connectivity index (χ1n) is 4.67. The summed E-state index contributed by atoms with van der Waals surface area (Å²) in [7, 11) is 0. The maximum absolute atomic E-state index is 13.4. The summed E-state index contributed by atoms with van der Waals surface area (Å²) in [5.41, 5.74) is 0.591. The molecular formula is C11H7F3N2O. The number of pyridine rings is 2. The van der Waals surface area contributed by atoms with Gasteiger partial charge in [-0.2, -0.15) is 8.78 Å². The standard InChI is InChI=1S/C11H7F3N2O/c12-9-6-16-5-8(10(9)17-11(13)14)7-2-1-3-15-4-7/h1-6,11H. The van der Waals surface area contributed by atoms with Crippen LogP contribution in [0.5, 0.6) is 5.75 Å². The van der Waals surface area contributed by atoms with E-state index in [0.717, 1.165) is 6.20 Å². The normalized spacial score (nSPS) is 10.6. The summed E-state index contributed by atoms with van der Waals surface area (Å²) in [4.78, 5) is 7.42. The van der Waals surface area contributed by atoms with E-state index in [1.54, 1.807) is 12.1 Å². The van der Waals surface area contributed by atoms with Crippen molar-refractivity contribution in [1.82, 2.24) is 9.97 Å². The Balaban J connectivity index is 2.50. The molecule has 0 bridgehead atoms. The molecule has 0 radical (unpaired) electrons. The van der Waals surface area contributed by atoms with Crippen LogP contribution in [0.4, 0.5) is 13.2 Å². The van der Waals surface area contributed by atoms with Crippen molar-refractivity contribution in [3.8, 4) is 16.9 Å². The largest absolute Gasteiger partial charge is 0.431 e. The lowest BCUT2D eigenvalue weighted by Gasteiger charge is -2.10. The minimum atomic E-state index is -3.10. The molecule has 0 fully saturated rings. The third kappa shape index (κ3) is 2.52. The van der Waals surface area contributed by atoms with Gasteiger partial charge in [-0.15, -0.1) is 0 Å². The van der Waals surface area contributed by atoms with E-state index in [9.17, 15) is 13.2 Å². The van der Waals surface area contributed by atoms with Gasteiger partial charge in [0.2, 0.25) is 0 Å². The first kappa shape index (κ1) is 11.4. The molecule has 0 N–H and O–H groups in total. The Labute approximate surface area is 94.9 Å². The topological polar surface area (TPSA) is 35.0 Å². The molecule has 6 heteroatoms. The highest BCUT2D eigenvalue weighted by Gasteiger charge is 2.16. The quantitative estimate of drug-likeness (QED) is 0.827. The summed E-state index contributed by atoms with van der Waals surface area (Å²) in [5.74, 6) is -1.46. The Kier molecular flexibility index (Phi) is 3.22. The summed E-state index contributed by atoms with van der Waals surface area (Å²) < 4.78 is 41.9. The van der Waals surface area contributed by atoms with Crippen LogP contribution in [0.25, 0.3) is 11.1 Å². The second-order valence-electron chi connectivity index (χ2n) is 3.12. The number of hydrogen-bond donors (Lipinski definition) is 0. The van der Waals surface area contributed by atoms with Crippen molar-refractivity contribution in [2.24, 2.45) is 0 Å². The molecule has 0 saturated carbocycles. The van der Waals surface area contributed by atoms with Crippen molar-refractivity contribution in [3.05, 3.63) is 42.7 Å². The maximum atomic E-state index is 13.4. The number of nitrogens with zero attached hydrogens (tertiary/aromatic N) is 2. The number of aromatic nitrogens is 2. The van der Waals surface area contributed by atoms with Gasteiger partial charge in [-0.25, -0.2) is 4.39 Å². The van der Waals surface area contributed by atoms with Crippen LogP contribution in [0, 0.1) is 5.82 Å². The minimum Gasteiger partial charge on any atom is -0.431 e. The van der Waals surface area contributed by atoms with Gasteiger partial charge in [-0.1, -0.05) is 6.07 Å². The van der Waals surface area contributed by atoms with Crippen LogP contribution < -0.4 is 4.74 Å². The molecule has 0 amide bonds. The molecule has 0 saturated heterocycles. The second kappa shape index (κ2) is 4.82. The number of alkyl halides is 2. The zero-order valence-corrected chi connectivity index (χ0v) is 8.48. The van der Waals surface area contributed by atoms with Gasteiger partial charge < -0.3 is 4.74 Å². The zero-order chi connectivity index (χ0) is 12.3. The predicted molar refractivity (Wildman–Crippen MR) is 54.1 cm³/mol. The average Bonchev–Trinajstić information content (AvgIpc) is 2.32. The lowest BCUT2D eigenvalue weighted by Crippen LogP contribution is -2.05. The fraction of sp³-hybridized carbons (Fsp3) is 0.0909. The first-order valence-corrected chi connectivity index (χ1v) is 4.67. The minimum absolute atomic E-state index is 0.137. The van der Waals surface area contributed by atoms with Gasteiger partial charge in [-0.3, -0.25) is 9.97 Å². The van der Waals surface area contributed by atoms with Crippen molar-refractivity contribution in [3.63, 3.8) is 0 Å². The summed E-state index contributed by atoms with van der Waals surface area (Å²) in [6.45, 7) is -3.10. The SMILES string of the molecule is Fc1cncc(-c2cccnc2)c1OC(F)F. The van der Waals surface area contributed by atoms with Crippen LogP contribution in [-0.4, -0.2) is 16.6 Å². The Morgan fingerprint density at radius 3 is 2.59 bits per heavy atom. The molecule has 88 valence electrons. The van der Waals surface area contributed by atoms with Gasteiger partial charge >= 0.3 is 6.61 Å². The third-order valence-corrected chi connectivity index (χ3v) is 2.03. The molecule has 0 unspecified atom stereocenters. The van der Waals surface area contributed by atoms with Gasteiger partial charge in [0, 0.05) is 29.7 Å². The molecule has 3 nitrogen and oxygen atoms in total. The van der Waals surface area contributed by atoms with Crippen LogP contribution in [0.1, 0.15) is 0 Å². The van der Waals surface area contributed by atoms with Crippen LogP contribution in [-0.2, 0) is 0 Å². The maximum Gasteiger partial charge on any atom is 0.387 e. The van der Waals surface area contributed by atoms with Crippen LogP contribution in [0.15, 0.2) is 36.9 Å². The lowest BCUT2D eigenvalue weighted by atomic mass is 10.1. The Hall–Kier alpha value is -2.11. The number of ether oxygens (including phenoxy) is 1. The van der Waals surface area contributed by atoms with E-state index in [1.165, 1.54) is 18.6 Å². The van der Waals surface area contributed by atoms with E-state index >= 15 is 0 Å². The van der Waals surface area contributed by atoms with E-state index in [2.05, 4.69) is 14.7 Å². The van der Waals surface area contributed by atoms with E-state index in [4.69, 9.17) is 0 Å². The van der Waals surface area contributed by atoms with E-state index in [1.807, 2.05) is 0 Å². The molecule has 2 aromatic rings. The summed E-state index contributed by atoms with van der Waals surface area (Å²) in [5, 5.41) is 0. The highest BCUT2D eigenvalue weighted by Crippen LogP contribution is 2.31. The van der Waals surface area contributed by atoms with E-state index < -0.39 is 18.2 Å². The van der Waals surface area contributed by atoms with Crippen molar-refractivity contribution in [1.29, 1.82) is 0 Å². The third-order valence-electron chi connectivity index (χ3n) is 2.03. The monoisotopic (exact) mass is 240 g/mol. The van der Waals surface area contributed by atoms with Crippen LogP contribution in [0.2, 0.25) is 0 Å². The van der Waals surface area contributed by atoms with Crippen LogP contribution in [0.3, 0.4) is 0 Å². The summed E-state index contributed by atoms with van der Waals surface area (Å²) in [6.07, 6.45) is 4.99. The fourth-order valence-electron chi connectivity index (χ4n) is 1.36. The number of hydrogen-bond acceptors (Lipinski definition) is 3. The Morgan fingerprint density at radius 2 is 1.94 bits per heavy atom. The van der Waals surface area contributed by atoms with Crippen molar-refractivity contribution in [2.75, 3.05) is 0 Å². The molecule has 0 spiro atoms. The molecule has 0 aromatic carbocycles. The van der Waals surface area contributed by atoms with E-state index in [0.29, 0.717) is 5.56 Å². The molecule has 2 heterocycles. The Morgan fingerprint density at radius 1 is 1.12 bits per heavy atom. The smallest absolute Gasteiger partial charge is 0.387 e. The molecule has 2 aromatic heterocycles. The van der Waals surface area contributed by atoms with Crippen molar-refractivity contribution in [2.45, 2.75) is 6.61 Å². The molecular weight excluding hydrogens is 233 g/mol. The second-order valence-corrected chi connectivity index (χ2v) is 3.12.